The lowest BCUT2D eigenvalue weighted by atomic mass is 9.95. The smallest absolute Gasteiger partial charge is 0.253 e. The van der Waals surface area contributed by atoms with Gasteiger partial charge in [0.15, 0.2) is 5.65 Å². The van der Waals surface area contributed by atoms with Gasteiger partial charge in [-0.3, -0.25) is 14.6 Å². The van der Waals surface area contributed by atoms with Crippen molar-refractivity contribution in [2.24, 2.45) is 0 Å². The van der Waals surface area contributed by atoms with Crippen LogP contribution in [0.5, 0.6) is 0 Å². The molecule has 8 nitrogen and oxygen atoms in total. The van der Waals surface area contributed by atoms with Crippen molar-refractivity contribution in [3.63, 3.8) is 0 Å². The van der Waals surface area contributed by atoms with Crippen LogP contribution in [0.4, 0.5) is 0 Å². The van der Waals surface area contributed by atoms with Crippen LogP contribution in [0.25, 0.3) is 33.2 Å². The number of rotatable bonds is 7. The molecule has 0 saturated heterocycles. The molecule has 0 aliphatic carbocycles. The quantitative estimate of drug-likeness (QED) is 0.306. The first kappa shape index (κ1) is 25.3. The van der Waals surface area contributed by atoms with Crippen molar-refractivity contribution in [3.8, 4) is 11.1 Å². The molecule has 2 N–H and O–H groups in total. The van der Waals surface area contributed by atoms with E-state index in [9.17, 15) is 9.59 Å². The highest BCUT2D eigenvalue weighted by Crippen LogP contribution is 2.35. The van der Waals surface area contributed by atoms with Crippen LogP contribution in [-0.4, -0.2) is 30.4 Å². The number of fused-ring (bicyclic) bond motifs is 2. The molecule has 1 aromatic carbocycles. The number of aromatic amines is 1. The van der Waals surface area contributed by atoms with E-state index in [1.165, 1.54) is 0 Å². The molecule has 5 rings (SSSR count). The first-order valence-electron chi connectivity index (χ1n) is 13.0. The lowest BCUT2D eigenvalue weighted by Crippen LogP contribution is -2.29. The predicted molar refractivity (Wildman–Crippen MR) is 150 cm³/mol. The van der Waals surface area contributed by atoms with Gasteiger partial charge in [-0.1, -0.05) is 13.3 Å². The molecule has 0 aliphatic heterocycles. The van der Waals surface area contributed by atoms with Crippen LogP contribution >= 0.6 is 0 Å². The molecule has 4 heterocycles. The lowest BCUT2D eigenvalue weighted by molar-refractivity contribution is 0.0950. The maximum Gasteiger partial charge on any atom is 0.253 e. The number of amides is 1. The zero-order valence-corrected chi connectivity index (χ0v) is 22.4. The molecule has 0 radical (unpaired) electrons. The SMILES string of the molecule is CCCc1cc(C)[nH]c(=O)c1CNC(=O)c1cc(-c2cnc3nccnc3c2)c2ccn(C(C)C)c2c1C. The average molecular weight is 509 g/mol. The van der Waals surface area contributed by atoms with E-state index in [4.69, 9.17) is 0 Å². The molecule has 0 unspecified atom stereocenters. The highest BCUT2D eigenvalue weighted by molar-refractivity contribution is 6.06. The Morgan fingerprint density at radius 1 is 1.11 bits per heavy atom. The third-order valence-electron chi connectivity index (χ3n) is 7.00. The van der Waals surface area contributed by atoms with Crippen molar-refractivity contribution in [2.45, 2.75) is 60.0 Å². The van der Waals surface area contributed by atoms with E-state index < -0.39 is 0 Å². The van der Waals surface area contributed by atoms with Gasteiger partial charge in [-0.2, -0.15) is 0 Å². The number of aryl methyl sites for hydroxylation is 3. The molecular formula is C30H32N6O2. The van der Waals surface area contributed by atoms with Crippen molar-refractivity contribution in [2.75, 3.05) is 0 Å². The second-order valence-electron chi connectivity index (χ2n) is 10.0. The van der Waals surface area contributed by atoms with Crippen LogP contribution in [0.15, 0.2) is 53.8 Å². The Morgan fingerprint density at radius 3 is 2.66 bits per heavy atom. The molecule has 8 heteroatoms. The van der Waals surface area contributed by atoms with Gasteiger partial charge in [-0.05, 0) is 75.1 Å². The minimum atomic E-state index is -0.224. The van der Waals surface area contributed by atoms with Crippen molar-refractivity contribution in [3.05, 3.63) is 87.4 Å². The van der Waals surface area contributed by atoms with Crippen molar-refractivity contribution < 1.29 is 4.79 Å². The monoisotopic (exact) mass is 508 g/mol. The number of nitrogens with one attached hydrogen (secondary N) is 2. The van der Waals surface area contributed by atoms with E-state index >= 15 is 0 Å². The summed E-state index contributed by atoms with van der Waals surface area (Å²) >= 11 is 0. The number of carbonyl (C=O) groups excluding carboxylic acids is 1. The normalized spacial score (nSPS) is 11.5. The molecule has 0 bridgehead atoms. The number of H-pyrrole nitrogens is 1. The summed E-state index contributed by atoms with van der Waals surface area (Å²) in [4.78, 5) is 42.5. The fourth-order valence-corrected chi connectivity index (χ4v) is 5.16. The van der Waals surface area contributed by atoms with Crippen molar-refractivity contribution in [1.82, 2.24) is 29.8 Å². The minimum Gasteiger partial charge on any atom is -0.348 e. The van der Waals surface area contributed by atoms with Crippen LogP contribution in [0.2, 0.25) is 0 Å². The molecule has 0 fully saturated rings. The Morgan fingerprint density at radius 2 is 1.89 bits per heavy atom. The highest BCUT2D eigenvalue weighted by atomic mass is 16.1. The van der Waals surface area contributed by atoms with Crippen LogP contribution in [0.1, 0.15) is 66.0 Å². The molecule has 5 aromatic rings. The summed E-state index contributed by atoms with van der Waals surface area (Å²) in [6.07, 6.45) is 8.80. The van der Waals surface area contributed by atoms with Gasteiger partial charge in [0.25, 0.3) is 11.5 Å². The average Bonchev–Trinajstić information content (AvgIpc) is 3.34. The fraction of sp³-hybridized carbons (Fsp3) is 0.300. The van der Waals surface area contributed by atoms with Gasteiger partial charge in [0.2, 0.25) is 0 Å². The summed E-state index contributed by atoms with van der Waals surface area (Å²) in [6.45, 7) is 10.3. The first-order chi connectivity index (χ1) is 18.3. The van der Waals surface area contributed by atoms with Crippen molar-refractivity contribution in [1.29, 1.82) is 0 Å². The van der Waals surface area contributed by atoms with E-state index in [0.29, 0.717) is 22.3 Å². The van der Waals surface area contributed by atoms with Crippen LogP contribution in [0, 0.1) is 13.8 Å². The summed E-state index contributed by atoms with van der Waals surface area (Å²) < 4.78 is 2.18. The first-order valence-corrected chi connectivity index (χ1v) is 13.0. The summed E-state index contributed by atoms with van der Waals surface area (Å²) in [7, 11) is 0. The molecule has 4 aromatic heterocycles. The molecule has 0 aliphatic rings. The summed E-state index contributed by atoms with van der Waals surface area (Å²) in [5.41, 5.74) is 7.72. The van der Waals surface area contributed by atoms with Crippen LogP contribution in [0.3, 0.4) is 0 Å². The van der Waals surface area contributed by atoms with Crippen LogP contribution < -0.4 is 10.9 Å². The standard InChI is InChI=1S/C30H32N6O2/c1-6-7-20-12-18(4)35-30(38)25(20)16-34-29(37)23-14-24(21-13-26-28(33-15-21)32-10-9-31-26)22-8-11-36(17(2)3)27(22)19(23)5/h8-15,17H,6-7,16H2,1-5H3,(H,34,37)(H,35,38). The van der Waals surface area contributed by atoms with Gasteiger partial charge in [0.1, 0.15) is 5.52 Å². The molecule has 1 amide bonds. The van der Waals surface area contributed by atoms with Crippen LogP contribution in [-0.2, 0) is 13.0 Å². The Kier molecular flexibility index (Phi) is 6.80. The van der Waals surface area contributed by atoms with E-state index in [2.05, 4.69) is 62.9 Å². The fourth-order valence-electron chi connectivity index (χ4n) is 5.16. The number of hydrogen-bond acceptors (Lipinski definition) is 5. The van der Waals surface area contributed by atoms with Crippen molar-refractivity contribution >= 4 is 28.0 Å². The number of benzene rings is 1. The summed E-state index contributed by atoms with van der Waals surface area (Å²) in [5, 5.41) is 4.06. The Balaban J connectivity index is 1.60. The molecular weight excluding hydrogens is 476 g/mol. The van der Waals surface area contributed by atoms with Gasteiger partial charge < -0.3 is 14.9 Å². The Bertz CT molecular complexity index is 1730. The number of carbonyl (C=O) groups is 1. The van der Waals surface area contributed by atoms with Gasteiger partial charge in [0.05, 0.1) is 5.52 Å². The third kappa shape index (κ3) is 4.58. The minimum absolute atomic E-state index is 0.154. The van der Waals surface area contributed by atoms with E-state index in [0.717, 1.165) is 51.7 Å². The predicted octanol–water partition coefficient (Wildman–Crippen LogP) is 5.42. The third-order valence-corrected chi connectivity index (χ3v) is 7.00. The second-order valence-corrected chi connectivity index (χ2v) is 10.0. The zero-order valence-electron chi connectivity index (χ0n) is 22.4. The maximum atomic E-state index is 13.7. The zero-order chi connectivity index (χ0) is 27.0. The summed E-state index contributed by atoms with van der Waals surface area (Å²) in [5.74, 6) is -0.224. The number of hydrogen-bond donors (Lipinski definition) is 2. The molecule has 194 valence electrons. The molecule has 0 saturated carbocycles. The summed E-state index contributed by atoms with van der Waals surface area (Å²) in [6, 6.07) is 8.16. The largest absolute Gasteiger partial charge is 0.348 e. The van der Waals surface area contributed by atoms with E-state index in [1.54, 1.807) is 18.6 Å². The topological polar surface area (TPSA) is 106 Å². The number of aromatic nitrogens is 5. The van der Waals surface area contributed by atoms with Gasteiger partial charge in [0, 0.05) is 65.1 Å². The van der Waals surface area contributed by atoms with Gasteiger partial charge in [-0.25, -0.2) is 9.97 Å². The molecule has 0 spiro atoms. The Hall–Kier alpha value is -4.33. The Labute approximate surface area is 221 Å². The molecule has 38 heavy (non-hydrogen) atoms. The number of pyridine rings is 2. The maximum absolute atomic E-state index is 13.7. The number of nitrogens with zero attached hydrogens (tertiary/aromatic N) is 4. The second kappa shape index (κ2) is 10.2. The van der Waals surface area contributed by atoms with Gasteiger partial charge in [-0.15, -0.1) is 0 Å². The highest BCUT2D eigenvalue weighted by Gasteiger charge is 2.20. The van der Waals surface area contributed by atoms with Gasteiger partial charge >= 0.3 is 0 Å². The lowest BCUT2D eigenvalue weighted by Gasteiger charge is -2.17. The molecule has 0 atom stereocenters. The van der Waals surface area contributed by atoms with E-state index in [1.807, 2.05) is 32.0 Å². The van der Waals surface area contributed by atoms with E-state index in [-0.39, 0.29) is 24.1 Å².